The van der Waals surface area contributed by atoms with Crippen LogP contribution < -0.4 is 4.74 Å². The Hall–Kier alpha value is -2.39. The lowest BCUT2D eigenvalue weighted by Gasteiger charge is -2.34. The third-order valence-electron chi connectivity index (χ3n) is 4.13. The molecule has 0 saturated carbocycles. The summed E-state index contributed by atoms with van der Waals surface area (Å²) in [6, 6.07) is 8.25. The number of ether oxygens (including phenoxy) is 1. The van der Waals surface area contributed by atoms with Gasteiger partial charge in [-0.3, -0.25) is 10.00 Å². The number of nitriles is 1. The van der Waals surface area contributed by atoms with Crippen LogP contribution in [-0.2, 0) is 6.54 Å². The second-order valence-corrected chi connectivity index (χ2v) is 5.50. The van der Waals surface area contributed by atoms with Crippen LogP contribution in [0, 0.1) is 11.3 Å². The van der Waals surface area contributed by atoms with Gasteiger partial charge in [0.25, 0.3) is 0 Å². The van der Waals surface area contributed by atoms with E-state index >= 15 is 0 Å². The summed E-state index contributed by atoms with van der Waals surface area (Å²) < 4.78 is 5.20. The van der Waals surface area contributed by atoms with Gasteiger partial charge in [0.2, 0.25) is 0 Å². The molecule has 2 aromatic rings. The number of nitrogens with one attached hydrogen (secondary N) is 1. The second-order valence-electron chi connectivity index (χ2n) is 5.50. The molecule has 0 radical (unpaired) electrons. The van der Waals surface area contributed by atoms with E-state index in [1.54, 1.807) is 13.4 Å². The Bertz CT molecular complexity index is 662. The summed E-state index contributed by atoms with van der Waals surface area (Å²) in [7, 11) is 1.58. The predicted octanol–water partition coefficient (Wildman–Crippen LogP) is 2.41. The summed E-state index contributed by atoms with van der Waals surface area (Å²) >= 11 is 0. The predicted molar refractivity (Wildman–Crippen MR) is 81.1 cm³/mol. The monoisotopic (exact) mass is 297 g/mol. The van der Waals surface area contributed by atoms with E-state index in [1.165, 1.54) is 12.8 Å². The second kappa shape index (κ2) is 6.58. The highest BCUT2D eigenvalue weighted by Crippen LogP contribution is 2.30. The van der Waals surface area contributed by atoms with Crippen LogP contribution in [0.15, 0.2) is 24.5 Å². The fourth-order valence-electron chi connectivity index (χ4n) is 3.04. The Kier molecular flexibility index (Phi) is 4.35. The summed E-state index contributed by atoms with van der Waals surface area (Å²) in [5.74, 6) is 1.55. The molecule has 3 rings (SSSR count). The van der Waals surface area contributed by atoms with Gasteiger partial charge in [-0.05, 0) is 37.1 Å². The summed E-state index contributed by atoms with van der Waals surface area (Å²) in [5, 5.41) is 16.2. The number of H-pyrrole nitrogens is 1. The molecule has 0 aliphatic carbocycles. The molecule has 0 amide bonds. The van der Waals surface area contributed by atoms with Gasteiger partial charge in [0.15, 0.2) is 0 Å². The van der Waals surface area contributed by atoms with Crippen LogP contribution in [0.2, 0.25) is 0 Å². The number of piperidine rings is 1. The smallest absolute Gasteiger partial charge is 0.141 e. The Morgan fingerprint density at radius 1 is 1.45 bits per heavy atom. The molecule has 22 heavy (non-hydrogen) atoms. The van der Waals surface area contributed by atoms with Gasteiger partial charge in [-0.25, -0.2) is 4.98 Å². The standard InChI is InChI=1S/C16H19N5O/c1-22-15-6-5-12(8-13(15)9-17)10-21-7-3-2-4-14(21)16-18-11-19-20-16/h5-6,8,11,14H,2-4,7,10H2,1H3,(H,18,19,20). The first kappa shape index (κ1) is 14.5. The minimum absolute atomic E-state index is 0.267. The average molecular weight is 297 g/mol. The third-order valence-corrected chi connectivity index (χ3v) is 4.13. The number of nitrogens with zero attached hydrogens (tertiary/aromatic N) is 4. The lowest BCUT2D eigenvalue weighted by Crippen LogP contribution is -2.33. The van der Waals surface area contributed by atoms with Gasteiger partial charge in [0.1, 0.15) is 24.0 Å². The van der Waals surface area contributed by atoms with Gasteiger partial charge in [-0.1, -0.05) is 12.5 Å². The molecule has 1 aromatic carbocycles. The van der Waals surface area contributed by atoms with Crippen molar-refractivity contribution in [2.45, 2.75) is 31.8 Å². The van der Waals surface area contributed by atoms with Crippen molar-refractivity contribution in [3.05, 3.63) is 41.5 Å². The van der Waals surface area contributed by atoms with Crippen molar-refractivity contribution >= 4 is 0 Å². The van der Waals surface area contributed by atoms with Crippen LogP contribution in [-0.4, -0.2) is 33.7 Å². The van der Waals surface area contributed by atoms with Gasteiger partial charge >= 0.3 is 0 Å². The lowest BCUT2D eigenvalue weighted by molar-refractivity contribution is 0.134. The fraction of sp³-hybridized carbons (Fsp3) is 0.438. The van der Waals surface area contributed by atoms with Crippen molar-refractivity contribution in [3.63, 3.8) is 0 Å². The van der Waals surface area contributed by atoms with Crippen LogP contribution in [0.5, 0.6) is 5.75 Å². The van der Waals surface area contributed by atoms with Crippen LogP contribution in [0.1, 0.15) is 42.3 Å². The van der Waals surface area contributed by atoms with E-state index in [2.05, 4.69) is 26.2 Å². The maximum Gasteiger partial charge on any atom is 0.141 e. The minimum atomic E-state index is 0.267. The molecule has 1 aromatic heterocycles. The quantitative estimate of drug-likeness (QED) is 0.937. The highest BCUT2D eigenvalue weighted by molar-refractivity contribution is 5.45. The van der Waals surface area contributed by atoms with E-state index in [-0.39, 0.29) is 6.04 Å². The molecule has 1 saturated heterocycles. The number of methoxy groups -OCH3 is 1. The zero-order valence-electron chi connectivity index (χ0n) is 12.6. The lowest BCUT2D eigenvalue weighted by atomic mass is 10.00. The molecule has 6 nitrogen and oxygen atoms in total. The molecule has 1 aliphatic rings. The van der Waals surface area contributed by atoms with E-state index < -0.39 is 0 Å². The summed E-state index contributed by atoms with van der Waals surface area (Å²) in [5.41, 5.74) is 1.69. The maximum absolute atomic E-state index is 9.22. The van der Waals surface area contributed by atoms with Gasteiger partial charge in [0.05, 0.1) is 18.7 Å². The first-order valence-electron chi connectivity index (χ1n) is 7.48. The van der Waals surface area contributed by atoms with E-state index in [1.807, 2.05) is 18.2 Å². The van der Waals surface area contributed by atoms with Crippen LogP contribution in [0.25, 0.3) is 0 Å². The SMILES string of the molecule is COc1ccc(CN2CCCCC2c2ncn[nH]2)cc1C#N. The molecular weight excluding hydrogens is 278 g/mol. The molecular formula is C16H19N5O. The zero-order chi connectivity index (χ0) is 15.4. The Labute approximate surface area is 129 Å². The van der Waals surface area contributed by atoms with Gasteiger partial charge in [-0.15, -0.1) is 0 Å². The summed E-state index contributed by atoms with van der Waals surface area (Å²) in [4.78, 5) is 6.71. The molecule has 1 fully saturated rings. The molecule has 1 atom stereocenters. The molecule has 2 heterocycles. The topological polar surface area (TPSA) is 77.8 Å². The molecule has 6 heteroatoms. The average Bonchev–Trinajstić information content (AvgIpc) is 3.09. The van der Waals surface area contributed by atoms with Crippen LogP contribution >= 0.6 is 0 Å². The van der Waals surface area contributed by atoms with Crippen molar-refractivity contribution in [2.75, 3.05) is 13.7 Å². The Morgan fingerprint density at radius 2 is 2.36 bits per heavy atom. The highest BCUT2D eigenvalue weighted by Gasteiger charge is 2.26. The van der Waals surface area contributed by atoms with Crippen LogP contribution in [0.4, 0.5) is 0 Å². The van der Waals surface area contributed by atoms with Gasteiger partial charge in [-0.2, -0.15) is 10.4 Å². The van der Waals surface area contributed by atoms with Gasteiger partial charge in [0, 0.05) is 6.54 Å². The number of rotatable bonds is 4. The third kappa shape index (κ3) is 2.95. The maximum atomic E-state index is 9.22. The number of aromatic amines is 1. The van der Waals surface area contributed by atoms with E-state index in [0.29, 0.717) is 11.3 Å². The van der Waals surface area contributed by atoms with Crippen molar-refractivity contribution < 1.29 is 4.74 Å². The number of likely N-dealkylation sites (tertiary alicyclic amines) is 1. The minimum Gasteiger partial charge on any atom is -0.495 e. The fourth-order valence-corrected chi connectivity index (χ4v) is 3.04. The van der Waals surface area contributed by atoms with E-state index in [0.717, 1.165) is 30.9 Å². The summed E-state index contributed by atoms with van der Waals surface area (Å²) in [6.45, 7) is 1.82. The molecule has 1 aliphatic heterocycles. The highest BCUT2D eigenvalue weighted by atomic mass is 16.5. The van der Waals surface area contributed by atoms with Crippen molar-refractivity contribution in [1.29, 1.82) is 5.26 Å². The first-order chi connectivity index (χ1) is 10.8. The van der Waals surface area contributed by atoms with Crippen LogP contribution in [0.3, 0.4) is 0 Å². The van der Waals surface area contributed by atoms with E-state index in [9.17, 15) is 5.26 Å². The first-order valence-corrected chi connectivity index (χ1v) is 7.48. The zero-order valence-corrected chi connectivity index (χ0v) is 12.6. The van der Waals surface area contributed by atoms with E-state index in [4.69, 9.17) is 4.74 Å². The normalized spacial score (nSPS) is 18.8. The Balaban J connectivity index is 1.80. The number of benzene rings is 1. The van der Waals surface area contributed by atoms with Crippen molar-refractivity contribution in [2.24, 2.45) is 0 Å². The largest absolute Gasteiger partial charge is 0.495 e. The summed E-state index contributed by atoms with van der Waals surface area (Å²) in [6.07, 6.45) is 5.03. The van der Waals surface area contributed by atoms with Crippen molar-refractivity contribution in [1.82, 2.24) is 20.1 Å². The number of hydrogen-bond donors (Lipinski definition) is 1. The number of aromatic nitrogens is 3. The van der Waals surface area contributed by atoms with Gasteiger partial charge < -0.3 is 4.74 Å². The number of hydrogen-bond acceptors (Lipinski definition) is 5. The molecule has 0 bridgehead atoms. The molecule has 0 spiro atoms. The molecule has 114 valence electrons. The molecule has 1 N–H and O–H groups in total. The van der Waals surface area contributed by atoms with Crippen molar-refractivity contribution in [3.8, 4) is 11.8 Å². The molecule has 1 unspecified atom stereocenters. The Morgan fingerprint density at radius 3 is 3.09 bits per heavy atom.